The number of aliphatic carboxylic acids is 1. The van der Waals surface area contributed by atoms with E-state index in [9.17, 15) is 29.4 Å². The number of carboxylic acids is 1. The Morgan fingerprint density at radius 2 is 1.80 bits per heavy atom. The number of nitrogens with zero attached hydrogens (tertiary/aromatic N) is 3. The maximum absolute atomic E-state index is 14.1. The summed E-state index contributed by atoms with van der Waals surface area (Å²) in [5.74, 6) is -2.44. The number of rotatable bonds is 21. The number of nitrogens with two attached hydrogens (primary N) is 1. The molecule has 1 aliphatic rings. The molecule has 1 saturated heterocycles. The van der Waals surface area contributed by atoms with Crippen LogP contribution in [0.4, 0.5) is 0 Å². The van der Waals surface area contributed by atoms with Crippen LogP contribution in [0, 0.1) is 11.8 Å². The lowest BCUT2D eigenvalue weighted by atomic mass is 9.89. The van der Waals surface area contributed by atoms with Gasteiger partial charge in [-0.25, -0.2) is 4.98 Å². The normalized spacial score (nSPS) is 18.8. The van der Waals surface area contributed by atoms with Gasteiger partial charge in [-0.1, -0.05) is 51.5 Å². The van der Waals surface area contributed by atoms with Gasteiger partial charge in [-0.05, 0) is 64.0 Å². The highest BCUT2D eigenvalue weighted by Gasteiger charge is 2.43. The van der Waals surface area contributed by atoms with E-state index in [1.807, 2.05) is 50.4 Å². The van der Waals surface area contributed by atoms with E-state index in [-0.39, 0.29) is 30.2 Å². The number of aliphatic hydroxyl groups is 1. The molecule has 1 fully saturated rings. The largest absolute Gasteiger partial charge is 0.480 e. The number of carbonyl (C=O) groups is 4. The van der Waals surface area contributed by atoms with Crippen molar-refractivity contribution in [1.29, 1.82) is 0 Å². The fraction of sp³-hybridized carbons (Fsp3) is 0.675. The Labute approximate surface area is 330 Å². The summed E-state index contributed by atoms with van der Waals surface area (Å²) in [5, 5.41) is 28.8. The van der Waals surface area contributed by atoms with Gasteiger partial charge >= 0.3 is 5.97 Å². The molecule has 14 nitrogen and oxygen atoms in total. The van der Waals surface area contributed by atoms with Crippen LogP contribution in [0.2, 0.25) is 0 Å². The Balaban J connectivity index is 1.77. The number of amides is 3. The van der Waals surface area contributed by atoms with Gasteiger partial charge in [-0.3, -0.25) is 24.5 Å². The molecule has 3 amide bonds. The minimum absolute atomic E-state index is 0.00288. The maximum atomic E-state index is 14.1. The van der Waals surface area contributed by atoms with E-state index < -0.39 is 59.3 Å². The van der Waals surface area contributed by atoms with Gasteiger partial charge in [0, 0.05) is 45.9 Å². The van der Waals surface area contributed by atoms with Gasteiger partial charge in [0.25, 0.3) is 0 Å². The molecular formula is C40H64N6O8S. The molecular weight excluding hydrogens is 725 g/mol. The predicted molar refractivity (Wildman–Crippen MR) is 212 cm³/mol. The van der Waals surface area contributed by atoms with Gasteiger partial charge < -0.3 is 40.5 Å². The van der Waals surface area contributed by atoms with Crippen LogP contribution in [0.25, 0.3) is 0 Å². The molecule has 8 atom stereocenters. The standard InChI is InChI=1S/C40H64N6O8S/c1-11-24(2)32(45(8)37(49)34(41)40(6,7)52)30(53-9)22-31(47)46-18-13-16-29(46)33(54-10)25(3)35(48)44-28(36-42-17-19-55-36)21-26-14-12-15-27(20-26)23-43-39(4,5)38(50)51/h12,14-15,17,19-20,24-25,28-30,32-34,43,52H,11,13,16,18,21-23,41H2,1-10H3,(H,44,48)(H,50,51)/t24-,25+,28-,29-,30+,32-,33+,34+/m0/s1. The van der Waals surface area contributed by atoms with E-state index in [0.29, 0.717) is 32.4 Å². The second-order valence-electron chi connectivity index (χ2n) is 16.0. The lowest BCUT2D eigenvalue weighted by Crippen LogP contribution is -2.59. The molecule has 3 rings (SSSR count). The number of hydrogen-bond acceptors (Lipinski definition) is 11. The first kappa shape index (κ1) is 45.9. The molecule has 0 saturated carbocycles. The number of methoxy groups -OCH3 is 2. The Morgan fingerprint density at radius 1 is 1.13 bits per heavy atom. The summed E-state index contributed by atoms with van der Waals surface area (Å²) in [6, 6.07) is 5.36. The van der Waals surface area contributed by atoms with Crippen molar-refractivity contribution in [3.05, 3.63) is 52.0 Å². The average Bonchev–Trinajstić information content (AvgIpc) is 3.86. The summed E-state index contributed by atoms with van der Waals surface area (Å²) in [5.41, 5.74) is 5.49. The van der Waals surface area contributed by atoms with E-state index in [1.165, 1.54) is 37.2 Å². The SMILES string of the molecule is CC[C@H](C)[C@@H]([C@@H](CC(=O)N1CCC[C@H]1[C@H](OC)[C@@H](C)C(=O)N[C@@H](Cc1cccc(CNC(C)(C)C(=O)O)c1)c1nccs1)OC)N(C)C(=O)[C@@H](N)C(C)(C)O. The third-order valence-electron chi connectivity index (χ3n) is 11.1. The summed E-state index contributed by atoms with van der Waals surface area (Å²) in [4.78, 5) is 60.9. The first-order valence-electron chi connectivity index (χ1n) is 19.1. The zero-order chi connectivity index (χ0) is 41.2. The minimum atomic E-state index is -1.43. The quantitative estimate of drug-likeness (QED) is 0.124. The number of likely N-dealkylation sites (tertiary alicyclic amines) is 1. The fourth-order valence-electron chi connectivity index (χ4n) is 7.24. The van der Waals surface area contributed by atoms with Crippen LogP contribution in [0.5, 0.6) is 0 Å². The Morgan fingerprint density at radius 3 is 2.36 bits per heavy atom. The van der Waals surface area contributed by atoms with Crippen molar-refractivity contribution in [2.45, 2.75) is 135 Å². The highest BCUT2D eigenvalue weighted by atomic mass is 32.1. The summed E-state index contributed by atoms with van der Waals surface area (Å²) in [6.07, 6.45) is 3.03. The van der Waals surface area contributed by atoms with Crippen LogP contribution in [0.15, 0.2) is 35.8 Å². The number of likely N-dealkylation sites (N-methyl/N-ethyl adjacent to an activating group) is 1. The molecule has 0 radical (unpaired) electrons. The van der Waals surface area contributed by atoms with Gasteiger partial charge in [0.2, 0.25) is 17.7 Å². The van der Waals surface area contributed by atoms with Gasteiger partial charge in [0.15, 0.2) is 0 Å². The third-order valence-corrected chi connectivity index (χ3v) is 11.9. The molecule has 1 aromatic carbocycles. The fourth-order valence-corrected chi connectivity index (χ4v) is 7.93. The highest BCUT2D eigenvalue weighted by Crippen LogP contribution is 2.30. The van der Waals surface area contributed by atoms with Crippen molar-refractivity contribution in [2.75, 3.05) is 27.8 Å². The van der Waals surface area contributed by atoms with Crippen LogP contribution < -0.4 is 16.4 Å². The van der Waals surface area contributed by atoms with Crippen molar-refractivity contribution >= 4 is 35.0 Å². The van der Waals surface area contributed by atoms with Crippen molar-refractivity contribution in [1.82, 2.24) is 25.4 Å². The second kappa shape index (κ2) is 20.1. The lowest BCUT2D eigenvalue weighted by Gasteiger charge is -2.41. The highest BCUT2D eigenvalue weighted by molar-refractivity contribution is 7.09. The number of carbonyl (C=O) groups excluding carboxylic acids is 3. The van der Waals surface area contributed by atoms with E-state index in [2.05, 4.69) is 15.6 Å². The first-order chi connectivity index (χ1) is 25.8. The van der Waals surface area contributed by atoms with Gasteiger partial charge in [0.1, 0.15) is 16.6 Å². The minimum Gasteiger partial charge on any atom is -0.480 e. The van der Waals surface area contributed by atoms with Crippen LogP contribution in [0.3, 0.4) is 0 Å². The zero-order valence-electron chi connectivity index (χ0n) is 34.2. The van der Waals surface area contributed by atoms with E-state index >= 15 is 0 Å². The topological polar surface area (TPSA) is 197 Å². The molecule has 0 bridgehead atoms. The van der Waals surface area contributed by atoms with Crippen LogP contribution in [-0.2, 0) is 41.6 Å². The third kappa shape index (κ3) is 12.0. The molecule has 15 heteroatoms. The Bertz CT molecular complexity index is 1570. The smallest absolute Gasteiger partial charge is 0.323 e. The molecule has 2 heterocycles. The lowest BCUT2D eigenvalue weighted by molar-refractivity contribution is -0.148. The van der Waals surface area contributed by atoms with Crippen LogP contribution >= 0.6 is 11.3 Å². The van der Waals surface area contributed by atoms with Gasteiger partial charge in [-0.2, -0.15) is 0 Å². The van der Waals surface area contributed by atoms with Crippen molar-refractivity contribution < 1.29 is 38.9 Å². The molecule has 0 unspecified atom stereocenters. The second-order valence-corrected chi connectivity index (χ2v) is 16.9. The van der Waals surface area contributed by atoms with Crippen molar-refractivity contribution in [3.63, 3.8) is 0 Å². The van der Waals surface area contributed by atoms with Crippen molar-refractivity contribution in [3.8, 4) is 0 Å². The molecule has 0 spiro atoms. The van der Waals surface area contributed by atoms with E-state index in [1.54, 1.807) is 39.1 Å². The number of benzene rings is 1. The molecule has 1 aliphatic heterocycles. The molecule has 6 N–H and O–H groups in total. The predicted octanol–water partition coefficient (Wildman–Crippen LogP) is 3.51. The number of aromatic nitrogens is 1. The number of nitrogens with one attached hydrogen (secondary N) is 2. The molecule has 55 heavy (non-hydrogen) atoms. The summed E-state index contributed by atoms with van der Waals surface area (Å²) < 4.78 is 11.9. The van der Waals surface area contributed by atoms with Gasteiger partial charge in [0.05, 0.1) is 48.3 Å². The van der Waals surface area contributed by atoms with E-state index in [0.717, 1.165) is 22.6 Å². The van der Waals surface area contributed by atoms with E-state index in [4.69, 9.17) is 15.2 Å². The summed E-state index contributed by atoms with van der Waals surface area (Å²) in [6.45, 7) is 12.9. The Kier molecular flexibility index (Phi) is 16.8. The van der Waals surface area contributed by atoms with Crippen LogP contribution in [-0.4, -0.2) is 118 Å². The van der Waals surface area contributed by atoms with Gasteiger partial charge in [-0.15, -0.1) is 11.3 Å². The zero-order valence-corrected chi connectivity index (χ0v) is 35.0. The number of thiazole rings is 1. The summed E-state index contributed by atoms with van der Waals surface area (Å²) in [7, 11) is 4.72. The molecule has 308 valence electrons. The molecule has 0 aliphatic carbocycles. The maximum Gasteiger partial charge on any atom is 0.323 e. The average molecular weight is 789 g/mol. The van der Waals surface area contributed by atoms with Crippen LogP contribution in [0.1, 0.15) is 96.3 Å². The molecule has 2 aromatic rings. The first-order valence-corrected chi connectivity index (χ1v) is 20.0. The Hall–Kier alpha value is -3.47. The molecule has 1 aromatic heterocycles. The number of carboxylic acid groups (broad SMARTS) is 1. The van der Waals surface area contributed by atoms with Crippen molar-refractivity contribution in [2.24, 2.45) is 17.6 Å². The number of hydrogen-bond donors (Lipinski definition) is 5. The summed E-state index contributed by atoms with van der Waals surface area (Å²) >= 11 is 1.45. The number of ether oxygens (including phenoxy) is 2. The monoisotopic (exact) mass is 788 g/mol.